The molecular weight excluding hydrogens is 466 g/mol. The number of amides is 2. The predicted molar refractivity (Wildman–Crippen MR) is 125 cm³/mol. The maximum atomic E-state index is 12.1. The van der Waals surface area contributed by atoms with Crippen LogP contribution < -0.4 is 10.1 Å². The van der Waals surface area contributed by atoms with Gasteiger partial charge in [-0.05, 0) is 53.7 Å². The molecule has 9 heteroatoms. The molecule has 0 aromatic heterocycles. The van der Waals surface area contributed by atoms with Gasteiger partial charge in [0, 0.05) is 0 Å². The third-order valence-electron chi connectivity index (χ3n) is 4.15. The summed E-state index contributed by atoms with van der Waals surface area (Å²) >= 11 is 7.04. The van der Waals surface area contributed by atoms with E-state index in [1.807, 2.05) is 0 Å². The fraction of sp³-hybridized carbons (Fsp3) is 0. The number of hydrogen-bond acceptors (Lipinski definition) is 6. The number of aromatic carboxylic acids is 1. The Labute approximate surface area is 198 Å². The molecule has 1 aliphatic heterocycles. The molecule has 1 fully saturated rings. The Morgan fingerprint density at radius 3 is 2.00 bits per heavy atom. The van der Waals surface area contributed by atoms with Crippen molar-refractivity contribution in [1.82, 2.24) is 5.32 Å². The Hall–Kier alpha value is -3.88. The van der Waals surface area contributed by atoms with Gasteiger partial charge in [-0.1, -0.05) is 60.1 Å². The summed E-state index contributed by atoms with van der Waals surface area (Å²) in [6.45, 7) is 0. The zero-order valence-corrected chi connectivity index (χ0v) is 18.4. The molecule has 1 aliphatic rings. The molecule has 166 valence electrons. The van der Waals surface area contributed by atoms with Crippen molar-refractivity contribution in [3.63, 3.8) is 0 Å². The number of esters is 1. The second kappa shape index (κ2) is 11.1. The van der Waals surface area contributed by atoms with Crippen molar-refractivity contribution in [2.75, 3.05) is 0 Å². The fourth-order valence-electron chi connectivity index (χ4n) is 2.59. The number of carboxylic acid groups (broad SMARTS) is 1. The molecule has 2 amide bonds. The molecular formula is C24H16ClNO6S. The number of rotatable bonds is 4. The van der Waals surface area contributed by atoms with Gasteiger partial charge in [-0.15, -0.1) is 0 Å². The topological polar surface area (TPSA) is 110 Å². The van der Waals surface area contributed by atoms with Crippen molar-refractivity contribution in [2.24, 2.45) is 0 Å². The molecule has 0 atom stereocenters. The molecule has 4 rings (SSSR count). The van der Waals surface area contributed by atoms with E-state index in [2.05, 4.69) is 5.32 Å². The third kappa shape index (κ3) is 6.55. The van der Waals surface area contributed by atoms with Crippen molar-refractivity contribution >= 4 is 52.5 Å². The Balaban J connectivity index is 0.000000286. The zero-order chi connectivity index (χ0) is 23.8. The van der Waals surface area contributed by atoms with E-state index in [0.717, 1.165) is 11.8 Å². The number of benzene rings is 3. The number of carbonyl (C=O) groups excluding carboxylic acids is 3. The molecule has 0 unspecified atom stereocenters. The Kier molecular flexibility index (Phi) is 8.01. The minimum atomic E-state index is -0.879. The van der Waals surface area contributed by atoms with Crippen LogP contribution in [0.4, 0.5) is 4.79 Å². The maximum absolute atomic E-state index is 12.1. The minimum Gasteiger partial charge on any atom is -0.478 e. The summed E-state index contributed by atoms with van der Waals surface area (Å²) in [6, 6.07) is 21.7. The number of thioether (sulfide) groups is 1. The summed E-state index contributed by atoms with van der Waals surface area (Å²) in [7, 11) is 0. The van der Waals surface area contributed by atoms with E-state index in [0.29, 0.717) is 16.7 Å². The highest BCUT2D eigenvalue weighted by molar-refractivity contribution is 8.18. The van der Waals surface area contributed by atoms with Crippen molar-refractivity contribution in [1.29, 1.82) is 0 Å². The number of carbonyl (C=O) groups is 4. The van der Waals surface area contributed by atoms with E-state index >= 15 is 0 Å². The van der Waals surface area contributed by atoms with E-state index in [-0.39, 0.29) is 15.7 Å². The average molecular weight is 482 g/mol. The van der Waals surface area contributed by atoms with Gasteiger partial charge in [0.25, 0.3) is 11.1 Å². The zero-order valence-electron chi connectivity index (χ0n) is 16.9. The second-order valence-electron chi connectivity index (χ2n) is 6.44. The molecule has 33 heavy (non-hydrogen) atoms. The van der Waals surface area contributed by atoms with Crippen LogP contribution in [0.5, 0.6) is 5.75 Å². The fourth-order valence-corrected chi connectivity index (χ4v) is 3.49. The van der Waals surface area contributed by atoms with Crippen molar-refractivity contribution in [3.8, 4) is 5.75 Å². The smallest absolute Gasteiger partial charge is 0.343 e. The largest absolute Gasteiger partial charge is 0.478 e. The number of imide groups is 1. The van der Waals surface area contributed by atoms with Crippen molar-refractivity contribution in [2.45, 2.75) is 0 Å². The first-order valence-electron chi connectivity index (χ1n) is 9.44. The minimum absolute atomic E-state index is 0.176. The van der Waals surface area contributed by atoms with E-state index in [1.165, 1.54) is 6.08 Å². The second-order valence-corrected chi connectivity index (χ2v) is 7.83. The van der Waals surface area contributed by atoms with E-state index in [1.54, 1.807) is 78.9 Å². The van der Waals surface area contributed by atoms with Gasteiger partial charge in [-0.2, -0.15) is 0 Å². The van der Waals surface area contributed by atoms with Crippen LogP contribution >= 0.6 is 23.4 Å². The number of ether oxygens (including phenoxy) is 1. The van der Waals surface area contributed by atoms with Crippen LogP contribution in [0.25, 0.3) is 6.08 Å². The Morgan fingerprint density at radius 2 is 1.48 bits per heavy atom. The number of carboxylic acids is 1. The molecule has 3 aromatic rings. The lowest BCUT2D eigenvalue weighted by atomic mass is 10.2. The standard InChI is InChI=1S/C17H10ClNO4S.C7H6O2/c18-14-11(9-13-15(20)19-17(22)24-13)7-4-8-12(14)23-16(21)10-5-2-1-3-6-10;8-7(9)6-4-2-1-3-5-6/h1-9H,(H,19,20,22);1-5H,(H,8,9)/b13-9-;. The van der Waals surface area contributed by atoms with Gasteiger partial charge >= 0.3 is 11.9 Å². The van der Waals surface area contributed by atoms with Crippen molar-refractivity contribution < 1.29 is 29.0 Å². The lowest BCUT2D eigenvalue weighted by molar-refractivity contribution is -0.115. The molecule has 0 saturated carbocycles. The maximum Gasteiger partial charge on any atom is 0.343 e. The first-order valence-corrected chi connectivity index (χ1v) is 10.6. The summed E-state index contributed by atoms with van der Waals surface area (Å²) in [5, 5.41) is 10.3. The molecule has 1 heterocycles. The average Bonchev–Trinajstić information content (AvgIpc) is 3.14. The summed E-state index contributed by atoms with van der Waals surface area (Å²) < 4.78 is 5.31. The van der Waals surface area contributed by atoms with Crippen LogP contribution in [0.15, 0.2) is 83.8 Å². The lowest BCUT2D eigenvalue weighted by Gasteiger charge is -2.08. The van der Waals surface area contributed by atoms with Crippen molar-refractivity contribution in [3.05, 3.63) is 105 Å². The first kappa shape index (κ1) is 23.8. The Bertz CT molecular complexity index is 1230. The normalized spacial score (nSPS) is 13.7. The van der Waals surface area contributed by atoms with Crippen LogP contribution in [0.1, 0.15) is 26.3 Å². The summed E-state index contributed by atoms with van der Waals surface area (Å²) in [5.41, 5.74) is 1.20. The Morgan fingerprint density at radius 1 is 0.879 bits per heavy atom. The molecule has 7 nitrogen and oxygen atoms in total. The quantitative estimate of drug-likeness (QED) is 0.297. The van der Waals surface area contributed by atoms with E-state index < -0.39 is 23.1 Å². The van der Waals surface area contributed by atoms with E-state index in [4.69, 9.17) is 21.4 Å². The number of hydrogen-bond donors (Lipinski definition) is 2. The summed E-state index contributed by atoms with van der Waals surface area (Å²) in [4.78, 5) is 45.3. The molecule has 2 N–H and O–H groups in total. The first-order chi connectivity index (χ1) is 15.8. The van der Waals surface area contributed by atoms with Gasteiger partial charge in [-0.25, -0.2) is 9.59 Å². The van der Waals surface area contributed by atoms with Gasteiger partial charge in [0.15, 0.2) is 0 Å². The molecule has 0 aliphatic carbocycles. The molecule has 3 aromatic carbocycles. The highest BCUT2D eigenvalue weighted by Gasteiger charge is 2.25. The van der Waals surface area contributed by atoms with Crippen LogP contribution in [-0.4, -0.2) is 28.2 Å². The monoisotopic (exact) mass is 481 g/mol. The predicted octanol–water partition coefficient (Wildman–Crippen LogP) is 5.27. The molecule has 0 spiro atoms. The molecule has 0 radical (unpaired) electrons. The number of halogens is 1. The highest BCUT2D eigenvalue weighted by atomic mass is 35.5. The van der Waals surface area contributed by atoms with E-state index in [9.17, 15) is 19.2 Å². The van der Waals surface area contributed by atoms with Crippen LogP contribution in [0.2, 0.25) is 5.02 Å². The third-order valence-corrected chi connectivity index (χ3v) is 5.37. The van der Waals surface area contributed by atoms with Gasteiger partial charge in [0.2, 0.25) is 0 Å². The highest BCUT2D eigenvalue weighted by Crippen LogP contribution is 2.33. The van der Waals surface area contributed by atoms with Crippen LogP contribution in [0.3, 0.4) is 0 Å². The van der Waals surface area contributed by atoms with Crippen LogP contribution in [0, 0.1) is 0 Å². The van der Waals surface area contributed by atoms with Gasteiger partial charge < -0.3 is 9.84 Å². The summed E-state index contributed by atoms with van der Waals surface area (Å²) in [5.74, 6) is -1.72. The number of nitrogens with one attached hydrogen (secondary N) is 1. The molecule has 1 saturated heterocycles. The van der Waals surface area contributed by atoms with Gasteiger partial charge in [-0.3, -0.25) is 14.9 Å². The lowest BCUT2D eigenvalue weighted by Crippen LogP contribution is -2.17. The van der Waals surface area contributed by atoms with Crippen LogP contribution in [-0.2, 0) is 4.79 Å². The summed E-state index contributed by atoms with van der Waals surface area (Å²) in [6.07, 6.45) is 1.48. The SMILES string of the molecule is O=C(O)c1ccccc1.O=C1NC(=O)/C(=C/c2cccc(OC(=O)c3ccccc3)c2Cl)S1. The molecule has 0 bridgehead atoms. The van der Waals surface area contributed by atoms with Gasteiger partial charge in [0.1, 0.15) is 5.75 Å². The van der Waals surface area contributed by atoms with Gasteiger partial charge in [0.05, 0.1) is 21.1 Å².